The third kappa shape index (κ3) is 5.35. The largest absolute Gasteiger partial charge is 0.337 e. The van der Waals surface area contributed by atoms with Gasteiger partial charge in [-0.25, -0.2) is 4.98 Å². The summed E-state index contributed by atoms with van der Waals surface area (Å²) in [5, 5.41) is 3.48. The quantitative estimate of drug-likeness (QED) is 0.790. The minimum Gasteiger partial charge on any atom is -0.337 e. The van der Waals surface area contributed by atoms with Crippen LogP contribution in [0.2, 0.25) is 0 Å². The Kier molecular flexibility index (Phi) is 7.34. The maximum atomic E-state index is 4.03. The summed E-state index contributed by atoms with van der Waals surface area (Å²) in [5.41, 5.74) is 2.76. The van der Waals surface area contributed by atoms with Gasteiger partial charge in [0.15, 0.2) is 0 Å². The second-order valence-electron chi connectivity index (χ2n) is 5.23. The van der Waals surface area contributed by atoms with Crippen LogP contribution < -0.4 is 5.32 Å². The molecule has 1 heterocycles. The van der Waals surface area contributed by atoms with E-state index < -0.39 is 0 Å². The van der Waals surface area contributed by atoms with Crippen LogP contribution >= 0.6 is 12.4 Å². The Balaban J connectivity index is 0.00000200. The summed E-state index contributed by atoms with van der Waals surface area (Å²) in [6.07, 6.45) is 6.82. The van der Waals surface area contributed by atoms with Crippen LogP contribution in [-0.2, 0) is 13.1 Å². The first kappa shape index (κ1) is 16.7. The van der Waals surface area contributed by atoms with Crippen molar-refractivity contribution in [1.29, 1.82) is 0 Å². The number of hydrogen-bond donors (Lipinski definition) is 1. The van der Waals surface area contributed by atoms with E-state index >= 15 is 0 Å². The fourth-order valence-corrected chi connectivity index (χ4v) is 2.06. The normalized spacial score (nSPS) is 10.6. The fourth-order valence-electron chi connectivity index (χ4n) is 2.06. The zero-order valence-corrected chi connectivity index (χ0v) is 13.1. The van der Waals surface area contributed by atoms with Crippen molar-refractivity contribution in [2.45, 2.75) is 39.3 Å². The van der Waals surface area contributed by atoms with Gasteiger partial charge in [-0.05, 0) is 30.0 Å². The molecule has 0 aliphatic heterocycles. The van der Waals surface area contributed by atoms with Gasteiger partial charge >= 0.3 is 0 Å². The lowest BCUT2D eigenvalue weighted by molar-refractivity contribution is 0.580. The Morgan fingerprint density at radius 2 is 1.95 bits per heavy atom. The molecule has 1 N–H and O–H groups in total. The van der Waals surface area contributed by atoms with Crippen molar-refractivity contribution < 1.29 is 0 Å². The van der Waals surface area contributed by atoms with Crippen molar-refractivity contribution in [3.63, 3.8) is 0 Å². The lowest BCUT2D eigenvalue weighted by Crippen LogP contribution is -2.16. The van der Waals surface area contributed by atoms with Gasteiger partial charge in [-0.3, -0.25) is 0 Å². The van der Waals surface area contributed by atoms with E-state index in [2.05, 4.69) is 53.0 Å². The molecule has 3 nitrogen and oxygen atoms in total. The summed E-state index contributed by atoms with van der Waals surface area (Å²) >= 11 is 0. The van der Waals surface area contributed by atoms with Gasteiger partial charge in [-0.1, -0.05) is 38.1 Å². The molecule has 0 unspecified atom stereocenters. The summed E-state index contributed by atoms with van der Waals surface area (Å²) in [6.45, 7) is 7.46. The number of imidazole rings is 1. The molecule has 4 heteroatoms. The van der Waals surface area contributed by atoms with Crippen molar-refractivity contribution in [1.82, 2.24) is 14.9 Å². The number of benzene rings is 1. The van der Waals surface area contributed by atoms with Gasteiger partial charge in [0.1, 0.15) is 0 Å². The van der Waals surface area contributed by atoms with Crippen molar-refractivity contribution in [3.05, 3.63) is 54.1 Å². The molecule has 0 saturated carbocycles. The smallest absolute Gasteiger partial charge is 0.0945 e. The van der Waals surface area contributed by atoms with E-state index in [1.165, 1.54) is 11.1 Å². The monoisotopic (exact) mass is 293 g/mol. The van der Waals surface area contributed by atoms with Crippen LogP contribution in [0.4, 0.5) is 0 Å². The Bertz CT molecular complexity index is 463. The number of rotatable bonds is 7. The predicted molar refractivity (Wildman–Crippen MR) is 86.3 cm³/mol. The highest BCUT2D eigenvalue weighted by Gasteiger charge is 1.98. The van der Waals surface area contributed by atoms with Crippen LogP contribution in [0.25, 0.3) is 0 Å². The van der Waals surface area contributed by atoms with Crippen LogP contribution in [0.1, 0.15) is 37.3 Å². The van der Waals surface area contributed by atoms with E-state index in [-0.39, 0.29) is 12.4 Å². The molecule has 0 spiro atoms. The molecule has 1 aromatic carbocycles. The first-order chi connectivity index (χ1) is 9.25. The Labute approximate surface area is 127 Å². The molecule has 2 rings (SSSR count). The summed E-state index contributed by atoms with van der Waals surface area (Å²) in [4.78, 5) is 4.03. The van der Waals surface area contributed by atoms with Gasteiger partial charge in [-0.2, -0.15) is 0 Å². The first-order valence-corrected chi connectivity index (χ1v) is 7.01. The minimum atomic E-state index is 0. The van der Waals surface area contributed by atoms with Crippen molar-refractivity contribution in [2.75, 3.05) is 6.54 Å². The Hall–Kier alpha value is -1.32. The fraction of sp³-hybridized carbons (Fsp3) is 0.438. The van der Waals surface area contributed by atoms with Gasteiger partial charge in [0.25, 0.3) is 0 Å². The molecule has 0 aliphatic rings. The first-order valence-electron chi connectivity index (χ1n) is 7.01. The molecular formula is C16H24ClN3. The molecule has 2 aromatic rings. The third-order valence-electron chi connectivity index (χ3n) is 3.30. The summed E-state index contributed by atoms with van der Waals surface area (Å²) in [5.74, 6) is 0.609. The Morgan fingerprint density at radius 3 is 2.55 bits per heavy atom. The van der Waals surface area contributed by atoms with E-state index in [9.17, 15) is 0 Å². The molecule has 0 bridgehead atoms. The number of halogens is 1. The molecule has 1 aromatic heterocycles. The standard InChI is InChI=1S/C16H23N3.ClH/c1-14(2)16-6-4-15(5-7-16)12-17-8-3-10-19-11-9-18-13-19;/h4-7,9,11,13-14,17H,3,8,10,12H2,1-2H3;1H. The summed E-state index contributed by atoms with van der Waals surface area (Å²) in [6, 6.07) is 8.90. The van der Waals surface area contributed by atoms with Gasteiger partial charge in [0, 0.05) is 25.5 Å². The molecule has 0 fully saturated rings. The van der Waals surface area contributed by atoms with E-state index in [1.54, 1.807) is 0 Å². The molecule has 0 atom stereocenters. The Morgan fingerprint density at radius 1 is 1.20 bits per heavy atom. The zero-order chi connectivity index (χ0) is 13.5. The third-order valence-corrected chi connectivity index (χ3v) is 3.30. The second-order valence-corrected chi connectivity index (χ2v) is 5.23. The van der Waals surface area contributed by atoms with Crippen LogP contribution in [-0.4, -0.2) is 16.1 Å². The van der Waals surface area contributed by atoms with Crippen LogP contribution in [0, 0.1) is 0 Å². The number of aromatic nitrogens is 2. The lowest BCUT2D eigenvalue weighted by Gasteiger charge is -2.08. The average molecular weight is 294 g/mol. The van der Waals surface area contributed by atoms with Crippen LogP contribution in [0.3, 0.4) is 0 Å². The zero-order valence-electron chi connectivity index (χ0n) is 12.2. The van der Waals surface area contributed by atoms with E-state index in [0.717, 1.165) is 26.1 Å². The maximum absolute atomic E-state index is 4.03. The topological polar surface area (TPSA) is 29.9 Å². The van der Waals surface area contributed by atoms with E-state index in [4.69, 9.17) is 0 Å². The molecule has 0 amide bonds. The summed E-state index contributed by atoms with van der Waals surface area (Å²) in [7, 11) is 0. The van der Waals surface area contributed by atoms with E-state index in [1.807, 2.05) is 18.7 Å². The highest BCUT2D eigenvalue weighted by atomic mass is 35.5. The van der Waals surface area contributed by atoms with E-state index in [0.29, 0.717) is 5.92 Å². The number of nitrogens with zero attached hydrogens (tertiary/aromatic N) is 2. The van der Waals surface area contributed by atoms with Crippen LogP contribution in [0.5, 0.6) is 0 Å². The lowest BCUT2D eigenvalue weighted by atomic mass is 10.0. The highest BCUT2D eigenvalue weighted by Crippen LogP contribution is 2.14. The predicted octanol–water partition coefficient (Wildman–Crippen LogP) is 3.61. The molecule has 0 saturated heterocycles. The summed E-state index contributed by atoms with van der Waals surface area (Å²) < 4.78 is 2.11. The van der Waals surface area contributed by atoms with Gasteiger partial charge in [-0.15, -0.1) is 12.4 Å². The van der Waals surface area contributed by atoms with Crippen molar-refractivity contribution in [3.8, 4) is 0 Å². The second kappa shape index (κ2) is 8.77. The molecule has 0 aliphatic carbocycles. The highest BCUT2D eigenvalue weighted by molar-refractivity contribution is 5.85. The number of nitrogens with one attached hydrogen (secondary N) is 1. The van der Waals surface area contributed by atoms with Gasteiger partial charge in [0.2, 0.25) is 0 Å². The van der Waals surface area contributed by atoms with Crippen molar-refractivity contribution in [2.24, 2.45) is 0 Å². The molecular weight excluding hydrogens is 270 g/mol. The van der Waals surface area contributed by atoms with Crippen LogP contribution in [0.15, 0.2) is 43.0 Å². The number of hydrogen-bond acceptors (Lipinski definition) is 2. The van der Waals surface area contributed by atoms with Gasteiger partial charge in [0.05, 0.1) is 6.33 Å². The molecule has 110 valence electrons. The minimum absolute atomic E-state index is 0. The maximum Gasteiger partial charge on any atom is 0.0945 e. The molecule has 20 heavy (non-hydrogen) atoms. The SMILES string of the molecule is CC(C)c1ccc(CNCCCn2ccnc2)cc1.Cl. The van der Waals surface area contributed by atoms with Crippen molar-refractivity contribution >= 4 is 12.4 Å². The molecule has 0 radical (unpaired) electrons. The van der Waals surface area contributed by atoms with Gasteiger partial charge < -0.3 is 9.88 Å². The number of aryl methyl sites for hydroxylation is 1. The average Bonchev–Trinajstić information content (AvgIpc) is 2.92.